The van der Waals surface area contributed by atoms with E-state index in [-0.39, 0.29) is 41.4 Å². The summed E-state index contributed by atoms with van der Waals surface area (Å²) in [7, 11) is 1.45. The summed E-state index contributed by atoms with van der Waals surface area (Å²) >= 11 is 0. The van der Waals surface area contributed by atoms with Crippen LogP contribution in [0.3, 0.4) is 0 Å². The Kier molecular flexibility index (Phi) is 7.28. The predicted molar refractivity (Wildman–Crippen MR) is 145 cm³/mol. The minimum Gasteiger partial charge on any atom is -0.492 e. The van der Waals surface area contributed by atoms with Crippen LogP contribution in [0.5, 0.6) is 5.75 Å². The number of hydrogen-bond acceptors (Lipinski definition) is 5. The zero-order chi connectivity index (χ0) is 28.9. The van der Waals surface area contributed by atoms with Crippen molar-refractivity contribution in [2.45, 2.75) is 64.5 Å². The fourth-order valence-corrected chi connectivity index (χ4v) is 5.58. The van der Waals surface area contributed by atoms with Crippen molar-refractivity contribution in [3.05, 3.63) is 68.8 Å². The smallest absolute Gasteiger partial charge is 0.416 e. The van der Waals surface area contributed by atoms with Gasteiger partial charge in [0, 0.05) is 44.0 Å². The van der Waals surface area contributed by atoms with Crippen LogP contribution in [-0.2, 0) is 12.7 Å². The number of carbonyl (C=O) groups is 1. The van der Waals surface area contributed by atoms with E-state index in [1.807, 2.05) is 23.3 Å². The highest BCUT2D eigenvalue weighted by Gasteiger charge is 2.33. The Morgan fingerprint density at radius 1 is 1.15 bits per heavy atom. The molecule has 2 atom stereocenters. The SMILES string of the molecule is COc1c(N2C[C@@H](C)N[C@@H](C)C2)c(F)cc2c(=O)c(C(=O)NCc3ccc(C(F)(F)F)cc3C)cn(C3CC3)c12. The monoisotopic (exact) mass is 560 g/mol. The molecule has 1 aliphatic carbocycles. The number of halogens is 4. The van der Waals surface area contributed by atoms with Gasteiger partial charge in [0.15, 0.2) is 11.6 Å². The summed E-state index contributed by atoms with van der Waals surface area (Å²) in [5.41, 5.74) is 0.00433. The number of ether oxygens (including phenoxy) is 1. The lowest BCUT2D eigenvalue weighted by atomic mass is 10.0. The van der Waals surface area contributed by atoms with Crippen molar-refractivity contribution in [1.29, 1.82) is 0 Å². The minimum absolute atomic E-state index is 0.0277. The Bertz CT molecular complexity index is 1520. The number of nitrogens with zero attached hydrogens (tertiary/aromatic N) is 2. The molecule has 5 rings (SSSR count). The number of pyridine rings is 1. The number of hydrogen-bond donors (Lipinski definition) is 2. The van der Waals surface area contributed by atoms with Crippen LogP contribution in [0.2, 0.25) is 0 Å². The van der Waals surface area contributed by atoms with Crippen LogP contribution in [0, 0.1) is 12.7 Å². The molecule has 2 heterocycles. The lowest BCUT2D eigenvalue weighted by Gasteiger charge is -2.38. The van der Waals surface area contributed by atoms with Crippen molar-refractivity contribution < 1.29 is 27.1 Å². The van der Waals surface area contributed by atoms with Gasteiger partial charge in [0.1, 0.15) is 11.3 Å². The molecular weight excluding hydrogens is 528 g/mol. The molecule has 3 aromatic rings. The molecule has 40 heavy (non-hydrogen) atoms. The maximum Gasteiger partial charge on any atom is 0.416 e. The fourth-order valence-electron chi connectivity index (χ4n) is 5.58. The average molecular weight is 561 g/mol. The van der Waals surface area contributed by atoms with Gasteiger partial charge in [0.05, 0.1) is 23.6 Å². The lowest BCUT2D eigenvalue weighted by molar-refractivity contribution is -0.137. The van der Waals surface area contributed by atoms with Crippen LogP contribution in [0.25, 0.3) is 10.9 Å². The van der Waals surface area contributed by atoms with E-state index in [1.54, 1.807) is 0 Å². The summed E-state index contributed by atoms with van der Waals surface area (Å²) in [4.78, 5) is 28.7. The zero-order valence-corrected chi connectivity index (χ0v) is 22.8. The van der Waals surface area contributed by atoms with Gasteiger partial charge < -0.3 is 24.8 Å². The second-order valence-electron chi connectivity index (χ2n) is 10.8. The van der Waals surface area contributed by atoms with Crippen molar-refractivity contribution in [3.8, 4) is 5.75 Å². The molecule has 0 radical (unpaired) electrons. The molecular formula is C29H32F4N4O3. The van der Waals surface area contributed by atoms with Crippen molar-refractivity contribution >= 4 is 22.5 Å². The molecule has 11 heteroatoms. The largest absolute Gasteiger partial charge is 0.492 e. The first-order valence-corrected chi connectivity index (χ1v) is 13.3. The van der Waals surface area contributed by atoms with Crippen LogP contribution < -0.4 is 25.7 Å². The van der Waals surface area contributed by atoms with Gasteiger partial charge in [-0.05, 0) is 62.9 Å². The van der Waals surface area contributed by atoms with E-state index < -0.39 is 28.9 Å². The van der Waals surface area contributed by atoms with Crippen LogP contribution in [0.4, 0.5) is 23.2 Å². The van der Waals surface area contributed by atoms with Gasteiger partial charge in [0.2, 0.25) is 5.43 Å². The van der Waals surface area contributed by atoms with E-state index in [0.29, 0.717) is 35.4 Å². The first-order chi connectivity index (χ1) is 18.9. The Morgan fingerprint density at radius 3 is 2.40 bits per heavy atom. The molecule has 214 valence electrons. The third-order valence-corrected chi connectivity index (χ3v) is 7.57. The van der Waals surface area contributed by atoms with Crippen LogP contribution in [0.15, 0.2) is 35.3 Å². The number of aromatic nitrogens is 1. The number of aryl methyl sites for hydroxylation is 1. The normalized spacial score (nSPS) is 19.6. The molecule has 0 unspecified atom stereocenters. The quantitative estimate of drug-likeness (QED) is 0.419. The topological polar surface area (TPSA) is 75.6 Å². The molecule has 2 aliphatic rings. The Labute approximate surface area is 229 Å². The summed E-state index contributed by atoms with van der Waals surface area (Å²) in [5, 5.41) is 6.11. The summed E-state index contributed by atoms with van der Waals surface area (Å²) in [6.45, 7) is 6.61. The molecule has 2 aromatic carbocycles. The number of nitrogens with one attached hydrogen (secondary N) is 2. The lowest BCUT2D eigenvalue weighted by Crippen LogP contribution is -2.54. The molecule has 2 N–H and O–H groups in total. The molecule has 0 spiro atoms. The van der Waals surface area contributed by atoms with Crippen molar-refractivity contribution in [1.82, 2.24) is 15.2 Å². The standard InChI is InChI=1S/C29H32F4N4O3/c1-15-9-19(29(31,32)33)6-5-18(15)11-34-28(39)22-14-37(20-7-8-20)24-21(26(22)38)10-23(30)25(27(24)40-4)36-12-16(2)35-17(3)13-36/h5-6,9-10,14,16-17,20,35H,7-8,11-13H2,1-4H3,(H,34,39)/t16-,17+. The van der Waals surface area contributed by atoms with Gasteiger partial charge in [-0.1, -0.05) is 6.07 Å². The fraction of sp³-hybridized carbons (Fsp3) is 0.448. The molecule has 0 bridgehead atoms. The Balaban J connectivity index is 1.53. The van der Waals surface area contributed by atoms with Gasteiger partial charge in [-0.25, -0.2) is 4.39 Å². The molecule has 1 aliphatic heterocycles. The van der Waals surface area contributed by atoms with Gasteiger partial charge in [-0.2, -0.15) is 13.2 Å². The predicted octanol–water partition coefficient (Wildman–Crippen LogP) is 4.93. The Hall–Kier alpha value is -3.60. The van der Waals surface area contributed by atoms with Gasteiger partial charge in [0.25, 0.3) is 5.91 Å². The summed E-state index contributed by atoms with van der Waals surface area (Å²) < 4.78 is 62.3. The number of amides is 1. The van der Waals surface area contributed by atoms with E-state index in [9.17, 15) is 22.8 Å². The third-order valence-electron chi connectivity index (χ3n) is 7.57. The van der Waals surface area contributed by atoms with E-state index in [4.69, 9.17) is 4.74 Å². The maximum absolute atomic E-state index is 15.7. The van der Waals surface area contributed by atoms with Crippen LogP contribution >= 0.6 is 0 Å². The molecule has 7 nitrogen and oxygen atoms in total. The highest BCUT2D eigenvalue weighted by Crippen LogP contribution is 2.44. The van der Waals surface area contributed by atoms with Crippen LogP contribution in [0.1, 0.15) is 59.8 Å². The molecule has 1 aromatic heterocycles. The Morgan fingerprint density at radius 2 is 1.82 bits per heavy atom. The van der Waals surface area contributed by atoms with E-state index in [1.165, 1.54) is 32.4 Å². The first kappa shape index (κ1) is 27.9. The minimum atomic E-state index is -4.47. The number of methoxy groups -OCH3 is 1. The number of piperazine rings is 1. The number of carbonyl (C=O) groups excluding carboxylic acids is 1. The maximum atomic E-state index is 15.7. The molecule has 1 amide bonds. The van der Waals surface area contributed by atoms with Crippen molar-refractivity contribution in [2.24, 2.45) is 0 Å². The van der Waals surface area contributed by atoms with Crippen molar-refractivity contribution in [3.63, 3.8) is 0 Å². The van der Waals surface area contributed by atoms with Gasteiger partial charge in [-0.15, -0.1) is 0 Å². The second-order valence-corrected chi connectivity index (χ2v) is 10.8. The molecule has 2 fully saturated rings. The van der Waals surface area contributed by atoms with Crippen molar-refractivity contribution in [2.75, 3.05) is 25.1 Å². The average Bonchev–Trinajstić information content (AvgIpc) is 3.72. The first-order valence-electron chi connectivity index (χ1n) is 13.3. The van der Waals surface area contributed by atoms with Crippen LogP contribution in [-0.4, -0.2) is 42.8 Å². The van der Waals surface area contributed by atoms with Gasteiger partial charge in [-0.3, -0.25) is 9.59 Å². The number of rotatable bonds is 6. The number of alkyl halides is 3. The highest BCUT2D eigenvalue weighted by molar-refractivity contribution is 6.00. The van der Waals surface area contributed by atoms with Gasteiger partial charge >= 0.3 is 6.18 Å². The summed E-state index contributed by atoms with van der Waals surface area (Å²) in [6.07, 6.45) is -1.31. The molecule has 1 saturated heterocycles. The molecule has 1 saturated carbocycles. The summed E-state index contributed by atoms with van der Waals surface area (Å²) in [6, 6.07) is 4.73. The second kappa shape index (κ2) is 10.4. The highest BCUT2D eigenvalue weighted by atomic mass is 19.4. The summed E-state index contributed by atoms with van der Waals surface area (Å²) in [5.74, 6) is -1.04. The number of fused-ring (bicyclic) bond motifs is 1. The third kappa shape index (κ3) is 5.26. The van der Waals surface area contributed by atoms with E-state index >= 15 is 4.39 Å². The number of anilines is 1. The van der Waals surface area contributed by atoms with E-state index in [0.717, 1.165) is 25.0 Å². The zero-order valence-electron chi connectivity index (χ0n) is 22.8. The number of benzene rings is 2. The van der Waals surface area contributed by atoms with E-state index in [2.05, 4.69) is 10.6 Å².